The molecule has 0 unspecified atom stereocenters. The minimum Gasteiger partial charge on any atom is -0.490 e. The third-order valence-corrected chi connectivity index (χ3v) is 3.54. The number of benzene rings is 2. The van der Waals surface area contributed by atoms with Crippen LogP contribution in [0.15, 0.2) is 48.0 Å². The molecule has 0 saturated carbocycles. The molecule has 2 aromatic carbocycles. The highest BCUT2D eigenvalue weighted by molar-refractivity contribution is 6.30. The van der Waals surface area contributed by atoms with Crippen molar-refractivity contribution in [2.75, 3.05) is 11.9 Å². The third-order valence-electron chi connectivity index (χ3n) is 3.28. The Morgan fingerprint density at radius 2 is 2.00 bits per heavy atom. The molecule has 0 spiro atoms. The molecule has 1 N–H and O–H groups in total. The molecule has 2 aromatic rings. The molecule has 27 heavy (non-hydrogen) atoms. The van der Waals surface area contributed by atoms with Gasteiger partial charge in [0.25, 0.3) is 5.91 Å². The molecule has 0 atom stereocenters. The molecule has 0 bridgehead atoms. The summed E-state index contributed by atoms with van der Waals surface area (Å²) in [5, 5.41) is 12.3. The molecule has 5 nitrogen and oxygen atoms in total. The van der Waals surface area contributed by atoms with Crippen LogP contribution in [0.5, 0.6) is 11.5 Å². The fourth-order valence-corrected chi connectivity index (χ4v) is 2.29. The lowest BCUT2D eigenvalue weighted by Crippen LogP contribution is -2.13. The Bertz CT molecular complexity index is 878. The minimum atomic E-state index is -3.09. The van der Waals surface area contributed by atoms with Crippen LogP contribution in [0.2, 0.25) is 5.02 Å². The molecule has 8 heteroatoms. The zero-order valence-corrected chi connectivity index (χ0v) is 15.0. The van der Waals surface area contributed by atoms with Gasteiger partial charge in [0, 0.05) is 16.3 Å². The quantitative estimate of drug-likeness (QED) is 0.538. The second kappa shape index (κ2) is 9.55. The maximum atomic E-state index is 12.8. The highest BCUT2D eigenvalue weighted by Gasteiger charge is 2.17. The van der Waals surface area contributed by atoms with Gasteiger partial charge in [0.1, 0.15) is 11.6 Å². The van der Waals surface area contributed by atoms with Crippen molar-refractivity contribution in [1.82, 2.24) is 0 Å². The van der Waals surface area contributed by atoms with Crippen LogP contribution in [-0.4, -0.2) is 19.1 Å². The number of nitrogens with zero attached hydrogens (tertiary/aromatic N) is 1. The van der Waals surface area contributed by atoms with Crippen molar-refractivity contribution in [2.24, 2.45) is 0 Å². The smallest absolute Gasteiger partial charge is 0.387 e. The van der Waals surface area contributed by atoms with E-state index >= 15 is 0 Å². The Hall–Kier alpha value is -3.11. The molecule has 0 aliphatic rings. The second-order valence-electron chi connectivity index (χ2n) is 5.12. The van der Waals surface area contributed by atoms with Gasteiger partial charge in [0.05, 0.1) is 6.61 Å². The lowest BCUT2D eigenvalue weighted by atomic mass is 10.1. The minimum absolute atomic E-state index is 0.0851. The Morgan fingerprint density at radius 1 is 1.30 bits per heavy atom. The predicted molar refractivity (Wildman–Crippen MR) is 97.9 cm³/mol. The first-order chi connectivity index (χ1) is 12.9. The second-order valence-corrected chi connectivity index (χ2v) is 5.55. The van der Waals surface area contributed by atoms with Crippen LogP contribution in [-0.2, 0) is 4.79 Å². The summed E-state index contributed by atoms with van der Waals surface area (Å²) >= 11 is 5.78. The average molecular weight is 393 g/mol. The van der Waals surface area contributed by atoms with Crippen molar-refractivity contribution >= 4 is 29.3 Å². The molecule has 0 aliphatic carbocycles. The lowest BCUT2D eigenvalue weighted by Gasteiger charge is -2.14. The Labute approximate surface area is 159 Å². The summed E-state index contributed by atoms with van der Waals surface area (Å²) in [5.74, 6) is -0.868. The number of carbonyl (C=O) groups is 1. The van der Waals surface area contributed by atoms with Crippen LogP contribution >= 0.6 is 11.6 Å². The number of rotatable bonds is 7. The van der Waals surface area contributed by atoms with E-state index < -0.39 is 12.5 Å². The summed E-state index contributed by atoms with van der Waals surface area (Å²) in [7, 11) is 0. The summed E-state index contributed by atoms with van der Waals surface area (Å²) in [6.07, 6.45) is 1.16. The van der Waals surface area contributed by atoms with Gasteiger partial charge < -0.3 is 14.8 Å². The van der Waals surface area contributed by atoms with Crippen LogP contribution in [0.4, 0.5) is 14.5 Å². The van der Waals surface area contributed by atoms with Gasteiger partial charge in [0.2, 0.25) is 0 Å². The maximum absolute atomic E-state index is 12.8. The summed E-state index contributed by atoms with van der Waals surface area (Å²) in [6, 6.07) is 12.5. The van der Waals surface area contributed by atoms with Crippen molar-refractivity contribution < 1.29 is 23.0 Å². The number of carbonyl (C=O) groups excluding carboxylic acids is 1. The molecule has 0 aromatic heterocycles. The van der Waals surface area contributed by atoms with E-state index in [0.29, 0.717) is 10.7 Å². The van der Waals surface area contributed by atoms with Crippen molar-refractivity contribution in [3.05, 3.63) is 58.6 Å². The average Bonchev–Trinajstić information content (AvgIpc) is 2.63. The van der Waals surface area contributed by atoms with Crippen LogP contribution in [0, 0.1) is 11.3 Å². The molecule has 0 fully saturated rings. The summed E-state index contributed by atoms with van der Waals surface area (Å²) < 4.78 is 35.3. The van der Waals surface area contributed by atoms with Crippen LogP contribution in [0.1, 0.15) is 12.5 Å². The number of anilines is 1. The topological polar surface area (TPSA) is 71.3 Å². The van der Waals surface area contributed by atoms with E-state index in [1.807, 2.05) is 0 Å². The molecule has 140 valence electrons. The van der Waals surface area contributed by atoms with Crippen molar-refractivity contribution in [2.45, 2.75) is 13.5 Å². The number of amides is 1. The predicted octanol–water partition coefficient (Wildman–Crippen LogP) is 4.89. The maximum Gasteiger partial charge on any atom is 0.387 e. The van der Waals surface area contributed by atoms with E-state index in [2.05, 4.69) is 10.1 Å². The highest BCUT2D eigenvalue weighted by Crippen LogP contribution is 2.34. The van der Waals surface area contributed by atoms with E-state index in [1.165, 1.54) is 12.1 Å². The largest absolute Gasteiger partial charge is 0.490 e. The third kappa shape index (κ3) is 5.69. The zero-order valence-electron chi connectivity index (χ0n) is 14.2. The normalized spacial score (nSPS) is 11.0. The summed E-state index contributed by atoms with van der Waals surface area (Å²) in [4.78, 5) is 12.3. The molecule has 0 radical (unpaired) electrons. The molecular weight excluding hydrogens is 378 g/mol. The van der Waals surface area contributed by atoms with Gasteiger partial charge in [-0.1, -0.05) is 23.7 Å². The lowest BCUT2D eigenvalue weighted by molar-refractivity contribution is -0.112. The fourth-order valence-electron chi connectivity index (χ4n) is 2.17. The van der Waals surface area contributed by atoms with Gasteiger partial charge in [-0.05, 0) is 43.3 Å². The van der Waals surface area contributed by atoms with Crippen LogP contribution in [0.25, 0.3) is 6.08 Å². The van der Waals surface area contributed by atoms with Crippen LogP contribution in [0.3, 0.4) is 0 Å². The van der Waals surface area contributed by atoms with E-state index in [4.69, 9.17) is 16.3 Å². The fraction of sp³-hybridized carbons (Fsp3) is 0.158. The molecule has 2 rings (SSSR count). The van der Waals surface area contributed by atoms with Crippen LogP contribution < -0.4 is 14.8 Å². The standard InChI is InChI=1S/C19H15ClF2N2O3/c1-2-26-16-5-3-4-12(17(16)27-19(21)22)10-13(11-23)18(25)24-15-8-6-14(20)7-9-15/h3-10,19H,2H2,1H3,(H,24,25)/b13-10+. The van der Waals surface area contributed by atoms with Gasteiger partial charge in [-0.25, -0.2) is 0 Å². The van der Waals surface area contributed by atoms with Gasteiger partial charge >= 0.3 is 6.61 Å². The molecular formula is C19H15ClF2N2O3. The number of para-hydroxylation sites is 1. The monoisotopic (exact) mass is 392 g/mol. The number of halogens is 3. The molecule has 1 amide bonds. The SMILES string of the molecule is CCOc1cccc(/C=C(\C#N)C(=O)Nc2ccc(Cl)cc2)c1OC(F)F. The van der Waals surface area contributed by atoms with Gasteiger partial charge in [-0.15, -0.1) is 0 Å². The number of nitriles is 1. The highest BCUT2D eigenvalue weighted by atomic mass is 35.5. The van der Waals surface area contributed by atoms with E-state index in [0.717, 1.165) is 6.08 Å². The number of nitrogens with one attached hydrogen (secondary N) is 1. The van der Waals surface area contributed by atoms with Gasteiger partial charge in [-0.3, -0.25) is 4.79 Å². The Balaban J connectivity index is 2.35. The number of alkyl halides is 2. The first-order valence-electron chi connectivity index (χ1n) is 7.84. The summed E-state index contributed by atoms with van der Waals surface area (Å²) in [6.45, 7) is -1.17. The van der Waals surface area contributed by atoms with Crippen molar-refractivity contribution in [3.8, 4) is 17.6 Å². The van der Waals surface area contributed by atoms with Gasteiger partial charge in [0.15, 0.2) is 11.5 Å². The molecule has 0 saturated heterocycles. The Morgan fingerprint density at radius 3 is 2.59 bits per heavy atom. The van der Waals surface area contributed by atoms with Crippen molar-refractivity contribution in [1.29, 1.82) is 5.26 Å². The number of hydrogen-bond donors (Lipinski definition) is 1. The Kier molecular flexibility index (Phi) is 7.15. The number of hydrogen-bond acceptors (Lipinski definition) is 4. The molecule has 0 heterocycles. The first-order valence-corrected chi connectivity index (χ1v) is 8.21. The van der Waals surface area contributed by atoms with Crippen molar-refractivity contribution in [3.63, 3.8) is 0 Å². The number of ether oxygens (including phenoxy) is 2. The van der Waals surface area contributed by atoms with Gasteiger partial charge in [-0.2, -0.15) is 14.0 Å². The van der Waals surface area contributed by atoms with E-state index in [-0.39, 0.29) is 29.2 Å². The van der Waals surface area contributed by atoms with E-state index in [9.17, 15) is 18.8 Å². The first kappa shape index (κ1) is 20.2. The summed E-state index contributed by atoms with van der Waals surface area (Å²) in [5.41, 5.74) is 0.249. The zero-order chi connectivity index (χ0) is 19.8. The molecule has 0 aliphatic heterocycles. The van der Waals surface area contributed by atoms with E-state index in [1.54, 1.807) is 43.3 Å².